The lowest BCUT2D eigenvalue weighted by atomic mass is 9.96. The fourth-order valence-corrected chi connectivity index (χ4v) is 5.13. The van der Waals surface area contributed by atoms with Crippen molar-refractivity contribution in [1.82, 2.24) is 29.3 Å². The number of carbonyl (C=O) groups excluding carboxylic acids is 1. The van der Waals surface area contributed by atoms with Crippen molar-refractivity contribution in [2.24, 2.45) is 5.92 Å². The molecule has 1 amide bonds. The molecule has 2 aromatic heterocycles. The van der Waals surface area contributed by atoms with Crippen molar-refractivity contribution >= 4 is 22.9 Å². The predicted molar refractivity (Wildman–Crippen MR) is 140 cm³/mol. The van der Waals surface area contributed by atoms with Crippen LogP contribution in [-0.4, -0.2) is 61.4 Å². The van der Waals surface area contributed by atoms with Gasteiger partial charge in [-0.3, -0.25) is 14.3 Å². The van der Waals surface area contributed by atoms with Gasteiger partial charge >= 0.3 is 5.69 Å². The highest BCUT2D eigenvalue weighted by molar-refractivity contribution is 5.74. The molecule has 9 heteroatoms. The average Bonchev–Trinajstić information content (AvgIpc) is 3.72. The van der Waals surface area contributed by atoms with Crippen LogP contribution in [0.5, 0.6) is 0 Å². The molecular weight excluding hydrogens is 454 g/mol. The highest BCUT2D eigenvalue weighted by Gasteiger charge is 2.32. The number of nitrogens with zero attached hydrogens (tertiary/aromatic N) is 6. The van der Waals surface area contributed by atoms with E-state index in [0.717, 1.165) is 43.0 Å². The normalized spacial score (nSPS) is 18.2. The van der Waals surface area contributed by atoms with Crippen LogP contribution in [0.25, 0.3) is 11.0 Å². The Bertz CT molecular complexity index is 1280. The lowest BCUT2D eigenvalue weighted by Gasteiger charge is -2.39. The molecule has 1 aliphatic heterocycles. The summed E-state index contributed by atoms with van der Waals surface area (Å²) >= 11 is 0. The number of hydrogen-bond donors (Lipinski definition) is 1. The van der Waals surface area contributed by atoms with E-state index < -0.39 is 0 Å². The predicted octanol–water partition coefficient (Wildman–Crippen LogP) is 3.38. The molecule has 190 valence electrons. The number of amides is 1. The number of carbonyl (C=O) groups is 1. The van der Waals surface area contributed by atoms with Crippen LogP contribution in [0.4, 0.5) is 5.95 Å². The average molecular weight is 490 g/mol. The maximum atomic E-state index is 12.1. The van der Waals surface area contributed by atoms with Crippen LogP contribution in [0, 0.1) is 5.92 Å². The molecule has 1 aliphatic carbocycles. The number of aryl methyl sites for hydroxylation is 1. The van der Waals surface area contributed by atoms with Crippen LogP contribution in [0.1, 0.15) is 63.2 Å². The van der Waals surface area contributed by atoms with Gasteiger partial charge in [0.15, 0.2) is 5.65 Å². The van der Waals surface area contributed by atoms with Crippen molar-refractivity contribution in [1.29, 1.82) is 0 Å². The van der Waals surface area contributed by atoms with Crippen LogP contribution in [0.3, 0.4) is 0 Å². The molecule has 36 heavy (non-hydrogen) atoms. The molecule has 2 atom stereocenters. The molecule has 2 aliphatic rings. The van der Waals surface area contributed by atoms with Crippen molar-refractivity contribution in [3.8, 4) is 0 Å². The van der Waals surface area contributed by atoms with Gasteiger partial charge in [-0.1, -0.05) is 37.1 Å². The van der Waals surface area contributed by atoms with E-state index in [1.165, 1.54) is 31.0 Å². The number of piperazine rings is 1. The van der Waals surface area contributed by atoms with E-state index in [1.807, 2.05) is 11.8 Å². The highest BCUT2D eigenvalue weighted by Crippen LogP contribution is 2.40. The summed E-state index contributed by atoms with van der Waals surface area (Å²) in [5.41, 5.74) is 2.78. The fourth-order valence-electron chi connectivity index (χ4n) is 5.13. The van der Waals surface area contributed by atoms with Crippen LogP contribution in [-0.2, 0) is 11.3 Å². The van der Waals surface area contributed by atoms with Crippen LogP contribution < -0.4 is 11.0 Å². The second-order valence-electron chi connectivity index (χ2n) is 10.0. The van der Waals surface area contributed by atoms with Crippen molar-refractivity contribution in [3.63, 3.8) is 0 Å². The van der Waals surface area contributed by atoms with Gasteiger partial charge in [-0.25, -0.2) is 14.8 Å². The summed E-state index contributed by atoms with van der Waals surface area (Å²) in [6, 6.07) is 9.27. The number of nitrogens with one attached hydrogen (secondary N) is 1. The molecule has 0 unspecified atom stereocenters. The van der Waals surface area contributed by atoms with Gasteiger partial charge in [0.2, 0.25) is 11.9 Å². The van der Waals surface area contributed by atoms with E-state index in [2.05, 4.69) is 56.4 Å². The third kappa shape index (κ3) is 5.26. The molecule has 1 saturated heterocycles. The number of rotatable bonds is 8. The maximum Gasteiger partial charge on any atom is 0.349 e. The standard InChI is InChI=1S/C27H35N7O2/c1-4-34-25-23(17-29-27(34)36)16-28-26(31-25)30-18(2)21-7-9-22(10-8-21)24(15-20-5-6-20)33-13-11-32(12-14-33)19(3)35/h7-10,16-18,20,24H,4-6,11-15H2,1-3H3,(H,28,30,31)/t18-,24+/m0/s1. The van der Waals surface area contributed by atoms with Gasteiger partial charge in [0.25, 0.3) is 0 Å². The molecule has 1 aromatic carbocycles. The first kappa shape index (κ1) is 24.4. The summed E-state index contributed by atoms with van der Waals surface area (Å²) < 4.78 is 1.55. The molecule has 3 heterocycles. The second kappa shape index (κ2) is 10.3. The quantitative estimate of drug-likeness (QED) is 0.518. The SMILES string of the molecule is CCn1c(=O)ncc2cnc(N[C@@H](C)c3ccc([C@@H](CC4CC4)N4CCN(C(C)=O)CC4)cc3)nc21. The van der Waals surface area contributed by atoms with Crippen molar-refractivity contribution in [3.05, 3.63) is 58.3 Å². The first-order chi connectivity index (χ1) is 17.4. The Balaban J connectivity index is 1.30. The third-order valence-corrected chi connectivity index (χ3v) is 7.53. The van der Waals surface area contributed by atoms with Gasteiger partial charge in [0.1, 0.15) is 0 Å². The molecule has 9 nitrogen and oxygen atoms in total. The summed E-state index contributed by atoms with van der Waals surface area (Å²) in [4.78, 5) is 41.3. The Morgan fingerprint density at radius 3 is 2.36 bits per heavy atom. The number of fused-ring (bicyclic) bond motifs is 1. The Morgan fingerprint density at radius 2 is 1.72 bits per heavy atom. The third-order valence-electron chi connectivity index (χ3n) is 7.53. The highest BCUT2D eigenvalue weighted by atomic mass is 16.2. The van der Waals surface area contributed by atoms with Gasteiger partial charge in [-0.05, 0) is 37.3 Å². The lowest BCUT2D eigenvalue weighted by Crippen LogP contribution is -2.49. The van der Waals surface area contributed by atoms with Gasteiger partial charge in [0.05, 0.1) is 11.4 Å². The summed E-state index contributed by atoms with van der Waals surface area (Å²) in [5.74, 6) is 1.48. The van der Waals surface area contributed by atoms with E-state index >= 15 is 0 Å². The van der Waals surface area contributed by atoms with E-state index in [1.54, 1.807) is 17.7 Å². The van der Waals surface area contributed by atoms with Gasteiger partial charge in [-0.2, -0.15) is 4.98 Å². The molecule has 1 saturated carbocycles. The minimum atomic E-state index is -0.304. The largest absolute Gasteiger partial charge is 0.349 e. The topological polar surface area (TPSA) is 96.3 Å². The van der Waals surface area contributed by atoms with Crippen molar-refractivity contribution in [2.45, 2.75) is 58.7 Å². The van der Waals surface area contributed by atoms with Crippen LogP contribution >= 0.6 is 0 Å². The zero-order valence-electron chi connectivity index (χ0n) is 21.4. The Hall–Kier alpha value is -3.33. The first-order valence-corrected chi connectivity index (χ1v) is 13.0. The number of benzene rings is 1. The number of hydrogen-bond acceptors (Lipinski definition) is 7. The van der Waals surface area contributed by atoms with Crippen molar-refractivity contribution < 1.29 is 4.79 Å². The summed E-state index contributed by atoms with van der Waals surface area (Å²) in [6.07, 6.45) is 7.07. The van der Waals surface area contributed by atoms with E-state index in [9.17, 15) is 9.59 Å². The fraction of sp³-hybridized carbons (Fsp3) is 0.519. The number of aromatic nitrogens is 4. The monoisotopic (exact) mass is 489 g/mol. The molecular formula is C27H35N7O2. The molecule has 5 rings (SSSR count). The summed E-state index contributed by atoms with van der Waals surface area (Å²) in [5, 5.41) is 4.13. The first-order valence-electron chi connectivity index (χ1n) is 13.0. The Labute approximate surface area is 211 Å². The smallest absolute Gasteiger partial charge is 0.348 e. The molecule has 0 radical (unpaired) electrons. The zero-order chi connectivity index (χ0) is 25.2. The maximum absolute atomic E-state index is 12.1. The van der Waals surface area contributed by atoms with Gasteiger partial charge in [0, 0.05) is 58.1 Å². The lowest BCUT2D eigenvalue weighted by molar-refractivity contribution is -0.130. The second-order valence-corrected chi connectivity index (χ2v) is 10.0. The van der Waals surface area contributed by atoms with Crippen LogP contribution in [0.2, 0.25) is 0 Å². The molecule has 0 spiro atoms. The molecule has 2 fully saturated rings. The zero-order valence-corrected chi connectivity index (χ0v) is 21.4. The molecule has 1 N–H and O–H groups in total. The van der Waals surface area contributed by atoms with Gasteiger partial charge < -0.3 is 10.2 Å². The van der Waals surface area contributed by atoms with E-state index in [-0.39, 0.29) is 17.6 Å². The van der Waals surface area contributed by atoms with Gasteiger partial charge in [-0.15, -0.1) is 0 Å². The molecule has 0 bridgehead atoms. The van der Waals surface area contributed by atoms with E-state index in [0.29, 0.717) is 24.2 Å². The Morgan fingerprint density at radius 1 is 1.06 bits per heavy atom. The molecule has 3 aromatic rings. The minimum Gasteiger partial charge on any atom is -0.348 e. The summed E-state index contributed by atoms with van der Waals surface area (Å²) in [7, 11) is 0. The summed E-state index contributed by atoms with van der Waals surface area (Å²) in [6.45, 7) is 9.62. The van der Waals surface area contributed by atoms with Crippen LogP contribution in [0.15, 0.2) is 41.5 Å². The van der Waals surface area contributed by atoms with E-state index in [4.69, 9.17) is 0 Å². The minimum absolute atomic E-state index is 0.00105. The van der Waals surface area contributed by atoms with Crippen molar-refractivity contribution in [2.75, 3.05) is 31.5 Å². The number of anilines is 1. The Kier molecular flexibility index (Phi) is 7.00.